The van der Waals surface area contributed by atoms with Crippen molar-refractivity contribution in [2.45, 2.75) is 53.3 Å². The predicted molar refractivity (Wildman–Crippen MR) is 201 cm³/mol. The van der Waals surface area contributed by atoms with Crippen LogP contribution in [0.25, 0.3) is 55.6 Å². The Bertz CT molecular complexity index is 2260. The van der Waals surface area contributed by atoms with Gasteiger partial charge in [0.2, 0.25) is 0 Å². The molecule has 1 radical (unpaired) electrons. The summed E-state index contributed by atoms with van der Waals surface area (Å²) in [6.45, 7) is 15.6. The van der Waals surface area contributed by atoms with Crippen LogP contribution in [0.4, 0.5) is 0 Å². The van der Waals surface area contributed by atoms with Crippen molar-refractivity contribution in [3.8, 4) is 39.7 Å². The first-order chi connectivity index (χ1) is 23.0. The molecule has 0 aliphatic heterocycles. The van der Waals surface area contributed by atoms with Crippen LogP contribution in [0.5, 0.6) is 0 Å². The van der Waals surface area contributed by atoms with E-state index in [0.29, 0.717) is 11.5 Å². The second-order valence-electron chi connectivity index (χ2n) is 13.6. The quantitative estimate of drug-likeness (QED) is 0.128. The Morgan fingerprint density at radius 3 is 2.16 bits per heavy atom. The topological polar surface area (TPSA) is 62.7 Å². The van der Waals surface area contributed by atoms with E-state index < -0.39 is 8.07 Å². The molecule has 7 aromatic rings. The minimum Gasteiger partial charge on any atom is -0.501 e. The normalized spacial score (nSPS) is 11.2. The zero-order valence-electron chi connectivity index (χ0n) is 29.0. The van der Waals surface area contributed by atoms with Gasteiger partial charge in [0.25, 0.3) is 0 Å². The zero-order valence-corrected chi connectivity index (χ0v) is 32.4. The number of furan rings is 1. The first kappa shape index (κ1) is 35.6. The molecular weight excluding hydrogens is 795 g/mol. The van der Waals surface area contributed by atoms with Crippen LogP contribution in [0.1, 0.15) is 42.0 Å². The van der Waals surface area contributed by atoms with Gasteiger partial charge in [-0.25, -0.2) is 5.26 Å². The Labute approximate surface area is 304 Å². The van der Waals surface area contributed by atoms with Gasteiger partial charge in [-0.3, -0.25) is 0 Å². The second-order valence-corrected chi connectivity index (χ2v) is 18.6. The van der Waals surface area contributed by atoms with Crippen LogP contribution in [0.3, 0.4) is 0 Å². The summed E-state index contributed by atoms with van der Waals surface area (Å²) in [4.78, 5) is 9.24. The molecule has 6 heteroatoms. The van der Waals surface area contributed by atoms with Crippen molar-refractivity contribution in [3.63, 3.8) is 0 Å². The number of nitrogens with zero attached hydrogens (tertiary/aromatic N) is 3. The van der Waals surface area contributed by atoms with Crippen LogP contribution >= 0.6 is 0 Å². The first-order valence-corrected chi connectivity index (χ1v) is 19.8. The fraction of sp³-hybridized carbons (Fsp3) is 0.186. The van der Waals surface area contributed by atoms with Gasteiger partial charge in [-0.1, -0.05) is 111 Å². The van der Waals surface area contributed by atoms with Gasteiger partial charge in [0.15, 0.2) is 0 Å². The van der Waals surface area contributed by atoms with Gasteiger partial charge in [0, 0.05) is 44.0 Å². The molecular formula is C43H39IrN3OSi-2. The average molecular weight is 834 g/mol. The number of aryl methyl sites for hydroxylation is 2. The third-order valence-corrected chi connectivity index (χ3v) is 10.8. The number of hydrogen-bond donors (Lipinski definition) is 0. The third-order valence-electron chi connectivity index (χ3n) is 8.74. The van der Waals surface area contributed by atoms with Crippen LogP contribution in [-0.4, -0.2) is 18.0 Å². The van der Waals surface area contributed by atoms with Gasteiger partial charge < -0.3 is 14.4 Å². The minimum atomic E-state index is -1.29. The van der Waals surface area contributed by atoms with E-state index in [0.717, 1.165) is 55.6 Å². The molecule has 7 rings (SSSR count). The van der Waals surface area contributed by atoms with Gasteiger partial charge in [-0.15, -0.1) is 42.0 Å². The summed E-state index contributed by atoms with van der Waals surface area (Å²) in [5, 5.41) is 12.4. The summed E-state index contributed by atoms with van der Waals surface area (Å²) >= 11 is 0. The van der Waals surface area contributed by atoms with Crippen molar-refractivity contribution >= 4 is 35.2 Å². The Morgan fingerprint density at radius 2 is 1.53 bits per heavy atom. The molecule has 0 fully saturated rings. The molecule has 3 heterocycles. The number of rotatable bonds is 5. The van der Waals surface area contributed by atoms with E-state index in [9.17, 15) is 0 Å². The van der Waals surface area contributed by atoms with Crippen molar-refractivity contribution in [1.82, 2.24) is 9.97 Å². The Balaban J connectivity index is 0.000000212. The van der Waals surface area contributed by atoms with Gasteiger partial charge in [0.05, 0.1) is 13.7 Å². The summed E-state index contributed by atoms with van der Waals surface area (Å²) in [6.07, 6.45) is 3.93. The fourth-order valence-corrected chi connectivity index (χ4v) is 7.06. The Hall–Kier alpha value is -4.66. The Morgan fingerprint density at radius 1 is 0.776 bits per heavy atom. The number of hydrogen-bond acceptors (Lipinski definition) is 4. The smallest absolute Gasteiger partial charge is 0.121 e. The zero-order chi connectivity index (χ0) is 34.0. The standard InChI is InChI=1S/C28H24NO.C15H15N2Si.Ir/c1-17(2)23-15-24(29-16-19(23)4)22-14-13-21(20-10-6-5-7-11-20)27-26-18(3)9-8-12-25(26)30-28(22)27;1-18(2,3)14-8-9-15(17-11-14)13-6-4-12(10-16)5-7-13;/h5-13,15-17H,1-4H3;4-6,8-9,11H,1-3H3;/q2*-1;. The number of pyridine rings is 2. The average Bonchev–Trinajstić information content (AvgIpc) is 3.49. The van der Waals surface area contributed by atoms with E-state index >= 15 is 0 Å². The first-order valence-electron chi connectivity index (χ1n) is 16.3. The van der Waals surface area contributed by atoms with Gasteiger partial charge in [-0.05, 0) is 70.0 Å². The third kappa shape index (κ3) is 7.50. The number of nitriles is 1. The van der Waals surface area contributed by atoms with Gasteiger partial charge in [0.1, 0.15) is 5.58 Å². The van der Waals surface area contributed by atoms with E-state index in [1.165, 1.54) is 21.9 Å². The van der Waals surface area contributed by atoms with Crippen molar-refractivity contribution in [3.05, 3.63) is 138 Å². The molecule has 0 bridgehead atoms. The van der Waals surface area contributed by atoms with Crippen molar-refractivity contribution < 1.29 is 24.5 Å². The van der Waals surface area contributed by atoms with E-state index in [1.54, 1.807) is 12.1 Å². The largest absolute Gasteiger partial charge is 0.501 e. The molecule has 0 aliphatic carbocycles. The van der Waals surface area contributed by atoms with E-state index in [1.807, 2.05) is 42.7 Å². The van der Waals surface area contributed by atoms with E-state index in [2.05, 4.69) is 119 Å². The molecule has 0 aliphatic rings. The SMILES string of the molecule is C[Si](C)(C)c1ccc(-c2[c-]cc(C#N)cc2)nc1.Cc1cnc(-c2[c-]cc(-c3ccccc3)c3c2oc2cccc(C)c23)cc1C(C)C.[Ir]. The molecule has 0 N–H and O–H groups in total. The molecule has 49 heavy (non-hydrogen) atoms. The predicted octanol–water partition coefficient (Wildman–Crippen LogP) is 10.8. The minimum absolute atomic E-state index is 0. The molecule has 0 saturated carbocycles. The van der Waals surface area contributed by atoms with Crippen molar-refractivity contribution in [2.24, 2.45) is 0 Å². The van der Waals surface area contributed by atoms with Crippen molar-refractivity contribution in [2.75, 3.05) is 0 Å². The Kier molecular flexibility index (Phi) is 10.8. The van der Waals surface area contributed by atoms with E-state index in [-0.39, 0.29) is 20.1 Å². The summed E-state index contributed by atoms with van der Waals surface area (Å²) in [7, 11) is -1.29. The van der Waals surface area contributed by atoms with Crippen LogP contribution in [0.15, 0.2) is 108 Å². The maximum Gasteiger partial charge on any atom is 0.121 e. The molecule has 4 aromatic carbocycles. The fourth-order valence-electron chi connectivity index (χ4n) is 6.02. The van der Waals surface area contributed by atoms with Gasteiger partial charge >= 0.3 is 0 Å². The van der Waals surface area contributed by atoms with Crippen LogP contribution < -0.4 is 5.19 Å². The number of benzene rings is 4. The molecule has 0 atom stereocenters. The summed E-state index contributed by atoms with van der Waals surface area (Å²) in [5.74, 6) is 0.434. The van der Waals surface area contributed by atoms with Crippen molar-refractivity contribution in [1.29, 1.82) is 5.26 Å². The summed E-state index contributed by atoms with van der Waals surface area (Å²) in [6, 6.07) is 39.2. The molecule has 0 unspecified atom stereocenters. The monoisotopic (exact) mass is 834 g/mol. The summed E-state index contributed by atoms with van der Waals surface area (Å²) < 4.78 is 6.44. The van der Waals surface area contributed by atoms with Crippen LogP contribution in [-0.2, 0) is 20.1 Å². The summed E-state index contributed by atoms with van der Waals surface area (Å²) in [5.41, 5.74) is 12.1. The van der Waals surface area contributed by atoms with Crippen LogP contribution in [0.2, 0.25) is 19.6 Å². The van der Waals surface area contributed by atoms with Gasteiger partial charge in [-0.2, -0.15) is 0 Å². The molecule has 3 aromatic heterocycles. The van der Waals surface area contributed by atoms with E-state index in [4.69, 9.17) is 14.7 Å². The molecule has 0 amide bonds. The van der Waals surface area contributed by atoms with Crippen LogP contribution in [0, 0.1) is 37.3 Å². The second kappa shape index (κ2) is 14.8. The molecule has 0 saturated heterocycles. The molecule has 4 nitrogen and oxygen atoms in total. The maximum absolute atomic E-state index is 8.74. The molecule has 247 valence electrons. The number of aromatic nitrogens is 2. The maximum atomic E-state index is 8.74. The molecule has 0 spiro atoms. The number of fused-ring (bicyclic) bond motifs is 3.